The summed E-state index contributed by atoms with van der Waals surface area (Å²) in [6.07, 6.45) is 7.47. The first-order chi connectivity index (χ1) is 10.7. The van der Waals surface area contributed by atoms with E-state index in [1.165, 1.54) is 24.0 Å². The fourth-order valence-electron chi connectivity index (χ4n) is 2.72. The van der Waals surface area contributed by atoms with Crippen molar-refractivity contribution in [3.8, 4) is 5.75 Å². The lowest BCUT2D eigenvalue weighted by molar-refractivity contribution is -0.122. The fraction of sp³-hybridized carbons (Fsp3) is 0.333. The minimum atomic E-state index is -0.554. The van der Waals surface area contributed by atoms with Crippen LogP contribution in [-0.4, -0.2) is 17.0 Å². The average molecular weight is 296 g/mol. The summed E-state index contributed by atoms with van der Waals surface area (Å²) in [6.45, 7) is 1.76. The van der Waals surface area contributed by atoms with Crippen LogP contribution in [0.25, 0.3) is 0 Å². The normalized spacial score (nSPS) is 14.8. The maximum absolute atomic E-state index is 12.1. The van der Waals surface area contributed by atoms with Gasteiger partial charge < -0.3 is 10.1 Å². The second-order valence-corrected chi connectivity index (χ2v) is 5.63. The molecule has 0 saturated carbocycles. The van der Waals surface area contributed by atoms with E-state index in [0.717, 1.165) is 18.6 Å². The molecule has 1 atom stereocenters. The Labute approximate surface area is 130 Å². The summed E-state index contributed by atoms with van der Waals surface area (Å²) >= 11 is 0. The van der Waals surface area contributed by atoms with Crippen LogP contribution in [0.2, 0.25) is 0 Å². The Balaban J connectivity index is 1.63. The lowest BCUT2D eigenvalue weighted by Crippen LogP contribution is -2.30. The molecule has 0 aliphatic heterocycles. The molecule has 0 fully saturated rings. The molecular weight excluding hydrogens is 276 g/mol. The number of hydrogen-bond acceptors (Lipinski definition) is 3. The summed E-state index contributed by atoms with van der Waals surface area (Å²) in [7, 11) is 0. The van der Waals surface area contributed by atoms with E-state index in [4.69, 9.17) is 4.74 Å². The molecule has 3 rings (SSSR count). The molecule has 1 aromatic carbocycles. The number of hydrogen-bond donors (Lipinski definition) is 1. The zero-order valence-corrected chi connectivity index (χ0v) is 12.7. The highest BCUT2D eigenvalue weighted by Crippen LogP contribution is 2.26. The fourth-order valence-corrected chi connectivity index (χ4v) is 2.72. The molecule has 1 aliphatic rings. The van der Waals surface area contributed by atoms with Gasteiger partial charge in [-0.2, -0.15) is 0 Å². The number of aromatic nitrogens is 1. The van der Waals surface area contributed by atoms with Crippen molar-refractivity contribution < 1.29 is 9.53 Å². The minimum absolute atomic E-state index is 0.175. The SMILES string of the molecule is C[C@H](Oc1ccc2c(c1)CCCC2)C(=O)Nc1cccnc1. The van der Waals surface area contributed by atoms with Crippen molar-refractivity contribution in [1.82, 2.24) is 4.98 Å². The van der Waals surface area contributed by atoms with Crippen LogP contribution in [0, 0.1) is 0 Å². The molecule has 1 aliphatic carbocycles. The molecule has 114 valence electrons. The number of benzene rings is 1. The van der Waals surface area contributed by atoms with Crippen molar-refractivity contribution >= 4 is 11.6 Å². The smallest absolute Gasteiger partial charge is 0.265 e. The van der Waals surface area contributed by atoms with E-state index in [2.05, 4.69) is 22.4 Å². The van der Waals surface area contributed by atoms with Gasteiger partial charge in [-0.15, -0.1) is 0 Å². The summed E-state index contributed by atoms with van der Waals surface area (Å²) in [5.74, 6) is 0.584. The summed E-state index contributed by atoms with van der Waals surface area (Å²) in [4.78, 5) is 16.1. The van der Waals surface area contributed by atoms with Crippen molar-refractivity contribution in [3.05, 3.63) is 53.9 Å². The Morgan fingerprint density at radius 3 is 2.82 bits per heavy atom. The van der Waals surface area contributed by atoms with Gasteiger partial charge in [-0.25, -0.2) is 0 Å². The van der Waals surface area contributed by atoms with E-state index < -0.39 is 6.10 Å². The summed E-state index contributed by atoms with van der Waals surface area (Å²) in [5, 5.41) is 2.80. The van der Waals surface area contributed by atoms with Gasteiger partial charge in [-0.1, -0.05) is 6.07 Å². The molecule has 0 spiro atoms. The van der Waals surface area contributed by atoms with E-state index in [1.807, 2.05) is 6.07 Å². The van der Waals surface area contributed by atoms with Crippen molar-refractivity contribution in [3.63, 3.8) is 0 Å². The Morgan fingerprint density at radius 2 is 2.05 bits per heavy atom. The predicted octanol–water partition coefficient (Wildman–Crippen LogP) is 3.37. The lowest BCUT2D eigenvalue weighted by Gasteiger charge is -2.19. The number of carbonyl (C=O) groups is 1. The first kappa shape index (κ1) is 14.6. The lowest BCUT2D eigenvalue weighted by atomic mass is 9.92. The molecule has 0 unspecified atom stereocenters. The van der Waals surface area contributed by atoms with Gasteiger partial charge in [0.25, 0.3) is 5.91 Å². The Morgan fingerprint density at radius 1 is 1.23 bits per heavy atom. The van der Waals surface area contributed by atoms with Gasteiger partial charge in [0.15, 0.2) is 6.10 Å². The number of nitrogens with zero attached hydrogens (tertiary/aromatic N) is 1. The van der Waals surface area contributed by atoms with E-state index in [-0.39, 0.29) is 5.91 Å². The monoisotopic (exact) mass is 296 g/mol. The number of pyridine rings is 1. The van der Waals surface area contributed by atoms with Crippen LogP contribution >= 0.6 is 0 Å². The molecule has 4 nitrogen and oxygen atoms in total. The van der Waals surface area contributed by atoms with Gasteiger partial charge >= 0.3 is 0 Å². The van der Waals surface area contributed by atoms with Crippen molar-refractivity contribution in [1.29, 1.82) is 0 Å². The highest BCUT2D eigenvalue weighted by Gasteiger charge is 2.16. The molecule has 0 bridgehead atoms. The van der Waals surface area contributed by atoms with Crippen LogP contribution < -0.4 is 10.1 Å². The van der Waals surface area contributed by atoms with Gasteiger partial charge in [0.05, 0.1) is 11.9 Å². The van der Waals surface area contributed by atoms with Gasteiger partial charge in [0.2, 0.25) is 0 Å². The second-order valence-electron chi connectivity index (χ2n) is 5.63. The van der Waals surface area contributed by atoms with Gasteiger partial charge in [-0.3, -0.25) is 9.78 Å². The third-order valence-corrected chi connectivity index (χ3v) is 3.93. The number of anilines is 1. The molecule has 2 aromatic rings. The first-order valence-corrected chi connectivity index (χ1v) is 7.72. The van der Waals surface area contributed by atoms with E-state index in [1.54, 1.807) is 31.5 Å². The minimum Gasteiger partial charge on any atom is -0.481 e. The Kier molecular flexibility index (Phi) is 4.37. The number of carbonyl (C=O) groups excluding carboxylic acids is 1. The standard InChI is InChI=1S/C18H20N2O2/c1-13(18(21)20-16-7-4-10-19-12-16)22-17-9-8-14-5-2-3-6-15(14)11-17/h4,7-13H,2-3,5-6H2,1H3,(H,20,21)/t13-/m0/s1. The summed E-state index contributed by atoms with van der Waals surface area (Å²) in [5.41, 5.74) is 3.43. The van der Waals surface area contributed by atoms with Crippen LogP contribution in [0.1, 0.15) is 30.9 Å². The van der Waals surface area contributed by atoms with Crippen LogP contribution in [0.5, 0.6) is 5.75 Å². The summed E-state index contributed by atoms with van der Waals surface area (Å²) < 4.78 is 5.78. The molecule has 4 heteroatoms. The van der Waals surface area contributed by atoms with Crippen LogP contribution in [0.3, 0.4) is 0 Å². The zero-order chi connectivity index (χ0) is 15.4. The molecular formula is C18H20N2O2. The average Bonchev–Trinajstić information content (AvgIpc) is 2.55. The molecule has 22 heavy (non-hydrogen) atoms. The molecule has 1 amide bonds. The number of ether oxygens (including phenoxy) is 1. The van der Waals surface area contributed by atoms with Crippen LogP contribution in [-0.2, 0) is 17.6 Å². The number of nitrogens with one attached hydrogen (secondary N) is 1. The zero-order valence-electron chi connectivity index (χ0n) is 12.7. The number of amides is 1. The Bertz CT molecular complexity index is 655. The third kappa shape index (κ3) is 3.45. The van der Waals surface area contributed by atoms with E-state index >= 15 is 0 Å². The number of fused-ring (bicyclic) bond motifs is 1. The number of aryl methyl sites for hydroxylation is 2. The van der Waals surface area contributed by atoms with Crippen molar-refractivity contribution in [2.24, 2.45) is 0 Å². The highest BCUT2D eigenvalue weighted by atomic mass is 16.5. The molecule has 1 aromatic heterocycles. The van der Waals surface area contributed by atoms with Gasteiger partial charge in [0, 0.05) is 6.20 Å². The molecule has 1 N–H and O–H groups in total. The van der Waals surface area contributed by atoms with Gasteiger partial charge in [0.1, 0.15) is 5.75 Å². The second kappa shape index (κ2) is 6.60. The predicted molar refractivity (Wildman–Crippen MR) is 86.0 cm³/mol. The third-order valence-electron chi connectivity index (χ3n) is 3.93. The van der Waals surface area contributed by atoms with E-state index in [9.17, 15) is 4.79 Å². The Hall–Kier alpha value is -2.36. The first-order valence-electron chi connectivity index (χ1n) is 7.72. The maximum atomic E-state index is 12.1. The van der Waals surface area contributed by atoms with Crippen molar-refractivity contribution in [2.75, 3.05) is 5.32 Å². The quantitative estimate of drug-likeness (QED) is 0.941. The van der Waals surface area contributed by atoms with Crippen molar-refractivity contribution in [2.45, 2.75) is 38.7 Å². The summed E-state index contributed by atoms with van der Waals surface area (Å²) in [6, 6.07) is 9.73. The van der Waals surface area contributed by atoms with Crippen LogP contribution in [0.4, 0.5) is 5.69 Å². The van der Waals surface area contributed by atoms with E-state index in [0.29, 0.717) is 5.69 Å². The largest absolute Gasteiger partial charge is 0.481 e. The molecule has 1 heterocycles. The van der Waals surface area contributed by atoms with Gasteiger partial charge in [-0.05, 0) is 68.0 Å². The topological polar surface area (TPSA) is 51.2 Å². The number of rotatable bonds is 4. The molecule has 0 radical (unpaired) electrons. The highest BCUT2D eigenvalue weighted by molar-refractivity contribution is 5.93. The maximum Gasteiger partial charge on any atom is 0.265 e. The molecule has 0 saturated heterocycles. The van der Waals surface area contributed by atoms with Crippen LogP contribution in [0.15, 0.2) is 42.7 Å².